The van der Waals surface area contributed by atoms with Gasteiger partial charge in [0.15, 0.2) is 0 Å². The number of pyridine rings is 1. The van der Waals surface area contributed by atoms with E-state index in [4.69, 9.17) is 0 Å². The average Bonchev–Trinajstić information content (AvgIpc) is 3.16. The Hall–Kier alpha value is -3.20. The maximum atomic E-state index is 13.5. The predicted octanol–water partition coefficient (Wildman–Crippen LogP) is 2.92. The number of carbonyl (C=O) groups is 2. The van der Waals surface area contributed by atoms with Crippen LogP contribution in [0.15, 0.2) is 48.1 Å². The van der Waals surface area contributed by atoms with Crippen LogP contribution in [0.5, 0.6) is 0 Å². The lowest BCUT2D eigenvalue weighted by Crippen LogP contribution is -2.30. The highest BCUT2D eigenvalue weighted by Crippen LogP contribution is 2.20. The molecule has 0 fully saturated rings. The number of hydrogen-bond donors (Lipinski definition) is 2. The van der Waals surface area contributed by atoms with Crippen molar-refractivity contribution < 1.29 is 18.4 Å². The van der Waals surface area contributed by atoms with Gasteiger partial charge in [-0.05, 0) is 24.3 Å². The summed E-state index contributed by atoms with van der Waals surface area (Å²) < 4.78 is 26.4. The van der Waals surface area contributed by atoms with Gasteiger partial charge in [0.1, 0.15) is 16.6 Å². The van der Waals surface area contributed by atoms with Gasteiger partial charge in [-0.15, -0.1) is 11.3 Å². The Kier molecular flexibility index (Phi) is 6.38. The molecule has 2 aromatic heterocycles. The second-order valence-corrected chi connectivity index (χ2v) is 6.71. The lowest BCUT2D eigenvalue weighted by Gasteiger charge is -2.06. The molecule has 1 aromatic carbocycles. The number of rotatable bonds is 7. The number of halogens is 2. The Labute approximate surface area is 163 Å². The molecule has 2 amide bonds. The van der Waals surface area contributed by atoms with E-state index in [9.17, 15) is 18.4 Å². The van der Waals surface area contributed by atoms with Crippen LogP contribution in [0.3, 0.4) is 0 Å². The van der Waals surface area contributed by atoms with E-state index >= 15 is 0 Å². The maximum Gasteiger partial charge on any atom is 0.254 e. The molecule has 0 aliphatic heterocycles. The van der Waals surface area contributed by atoms with Crippen molar-refractivity contribution in [2.24, 2.45) is 0 Å². The molecule has 2 heterocycles. The Morgan fingerprint density at radius 3 is 2.61 bits per heavy atom. The fourth-order valence-corrected chi connectivity index (χ4v) is 3.11. The molecule has 0 saturated heterocycles. The van der Waals surface area contributed by atoms with Crippen LogP contribution in [-0.4, -0.2) is 28.3 Å². The van der Waals surface area contributed by atoms with E-state index in [2.05, 4.69) is 20.6 Å². The van der Waals surface area contributed by atoms with Gasteiger partial charge >= 0.3 is 0 Å². The number of benzene rings is 1. The monoisotopic (exact) mass is 402 g/mol. The van der Waals surface area contributed by atoms with Crippen LogP contribution in [0.25, 0.3) is 11.3 Å². The largest absolute Gasteiger partial charge is 0.351 e. The van der Waals surface area contributed by atoms with Crippen LogP contribution in [0.4, 0.5) is 8.78 Å². The summed E-state index contributed by atoms with van der Waals surface area (Å²) in [6.45, 7) is 0.302. The number of carbonyl (C=O) groups excluding carboxylic acids is 2. The SMILES string of the molecule is O=C(CCNC(=O)c1ccc(F)cc1F)NCc1nc(-c2ccncc2)cs1. The average molecular weight is 402 g/mol. The van der Waals surface area contributed by atoms with Crippen LogP contribution in [-0.2, 0) is 11.3 Å². The highest BCUT2D eigenvalue weighted by molar-refractivity contribution is 7.09. The lowest BCUT2D eigenvalue weighted by molar-refractivity contribution is -0.121. The van der Waals surface area contributed by atoms with Gasteiger partial charge in [0.2, 0.25) is 5.91 Å². The highest BCUT2D eigenvalue weighted by Gasteiger charge is 2.13. The number of aromatic nitrogens is 2. The van der Waals surface area contributed by atoms with Gasteiger partial charge in [0.05, 0.1) is 17.8 Å². The molecule has 28 heavy (non-hydrogen) atoms. The van der Waals surface area contributed by atoms with E-state index in [1.54, 1.807) is 12.4 Å². The van der Waals surface area contributed by atoms with Crippen molar-refractivity contribution in [3.8, 4) is 11.3 Å². The van der Waals surface area contributed by atoms with Crippen molar-refractivity contribution in [1.29, 1.82) is 0 Å². The Balaban J connectivity index is 1.42. The third kappa shape index (κ3) is 5.17. The first kappa shape index (κ1) is 19.6. The van der Waals surface area contributed by atoms with E-state index in [1.165, 1.54) is 11.3 Å². The van der Waals surface area contributed by atoms with Crippen molar-refractivity contribution in [3.05, 3.63) is 70.3 Å². The van der Waals surface area contributed by atoms with Crippen LogP contribution < -0.4 is 10.6 Å². The highest BCUT2D eigenvalue weighted by atomic mass is 32.1. The smallest absolute Gasteiger partial charge is 0.254 e. The van der Waals surface area contributed by atoms with E-state index in [0.717, 1.165) is 28.4 Å². The first-order valence-electron chi connectivity index (χ1n) is 8.37. The van der Waals surface area contributed by atoms with Crippen LogP contribution in [0.1, 0.15) is 21.8 Å². The lowest BCUT2D eigenvalue weighted by atomic mass is 10.2. The zero-order valence-corrected chi connectivity index (χ0v) is 15.4. The molecule has 0 saturated carbocycles. The summed E-state index contributed by atoms with van der Waals surface area (Å²) in [5.41, 5.74) is 1.48. The summed E-state index contributed by atoms with van der Waals surface area (Å²) in [6, 6.07) is 6.39. The summed E-state index contributed by atoms with van der Waals surface area (Å²) in [5, 5.41) is 7.80. The molecule has 0 unspecified atom stereocenters. The van der Waals surface area contributed by atoms with Crippen molar-refractivity contribution in [2.75, 3.05) is 6.54 Å². The standard InChI is InChI=1S/C19H16F2N4O2S/c20-13-1-2-14(15(21)9-13)19(27)23-8-5-17(26)24-10-18-25-16(11-28-18)12-3-6-22-7-4-12/h1-4,6-7,9,11H,5,8,10H2,(H,23,27)(H,24,26). The number of thiazole rings is 1. The molecule has 0 spiro atoms. The van der Waals surface area contributed by atoms with Crippen molar-refractivity contribution in [1.82, 2.24) is 20.6 Å². The van der Waals surface area contributed by atoms with Gasteiger partial charge in [-0.3, -0.25) is 14.6 Å². The molecule has 3 aromatic rings. The summed E-state index contributed by atoms with van der Waals surface area (Å²) in [6.07, 6.45) is 3.39. The predicted molar refractivity (Wildman–Crippen MR) is 100 cm³/mol. The Bertz CT molecular complexity index is 979. The van der Waals surface area contributed by atoms with E-state index in [0.29, 0.717) is 6.07 Å². The fourth-order valence-electron chi connectivity index (χ4n) is 2.37. The van der Waals surface area contributed by atoms with Gasteiger partial charge in [0, 0.05) is 42.4 Å². The van der Waals surface area contributed by atoms with Gasteiger partial charge in [-0.1, -0.05) is 0 Å². The van der Waals surface area contributed by atoms with Gasteiger partial charge in [0.25, 0.3) is 5.91 Å². The summed E-state index contributed by atoms with van der Waals surface area (Å²) in [7, 11) is 0. The number of amides is 2. The third-order valence-electron chi connectivity index (χ3n) is 3.78. The molecule has 0 bridgehead atoms. The Morgan fingerprint density at radius 1 is 1.07 bits per heavy atom. The Morgan fingerprint density at radius 2 is 1.86 bits per heavy atom. The topological polar surface area (TPSA) is 84.0 Å². The van der Waals surface area contributed by atoms with Crippen LogP contribution in [0, 0.1) is 11.6 Å². The normalized spacial score (nSPS) is 10.5. The quantitative estimate of drug-likeness (QED) is 0.637. The molecule has 0 radical (unpaired) electrons. The second kappa shape index (κ2) is 9.14. The van der Waals surface area contributed by atoms with Gasteiger partial charge in [-0.25, -0.2) is 13.8 Å². The first-order valence-corrected chi connectivity index (χ1v) is 9.25. The van der Waals surface area contributed by atoms with Crippen LogP contribution >= 0.6 is 11.3 Å². The fraction of sp³-hybridized carbons (Fsp3) is 0.158. The summed E-state index contributed by atoms with van der Waals surface area (Å²) in [4.78, 5) is 32.2. The molecule has 144 valence electrons. The van der Waals surface area contributed by atoms with Crippen LogP contribution in [0.2, 0.25) is 0 Å². The molecule has 9 heteroatoms. The minimum absolute atomic E-state index is 0.0249. The maximum absolute atomic E-state index is 13.5. The van der Waals surface area contributed by atoms with E-state index in [-0.39, 0.29) is 31.0 Å². The van der Waals surface area contributed by atoms with E-state index in [1.807, 2.05) is 17.5 Å². The minimum Gasteiger partial charge on any atom is -0.351 e. The third-order valence-corrected chi connectivity index (χ3v) is 4.63. The molecule has 2 N–H and O–H groups in total. The molecule has 0 aliphatic carbocycles. The van der Waals surface area contributed by atoms with Crippen molar-refractivity contribution >= 4 is 23.2 Å². The number of nitrogens with zero attached hydrogens (tertiary/aromatic N) is 2. The zero-order valence-electron chi connectivity index (χ0n) is 14.6. The molecule has 0 aliphatic rings. The summed E-state index contributed by atoms with van der Waals surface area (Å²) >= 11 is 1.43. The first-order chi connectivity index (χ1) is 13.5. The molecular formula is C19H16F2N4O2S. The minimum atomic E-state index is -0.948. The number of nitrogens with one attached hydrogen (secondary N) is 2. The van der Waals surface area contributed by atoms with Crippen molar-refractivity contribution in [3.63, 3.8) is 0 Å². The molecule has 6 nitrogen and oxygen atoms in total. The van der Waals surface area contributed by atoms with Gasteiger partial charge in [-0.2, -0.15) is 0 Å². The van der Waals surface area contributed by atoms with Gasteiger partial charge < -0.3 is 10.6 Å². The van der Waals surface area contributed by atoms with E-state index < -0.39 is 17.5 Å². The summed E-state index contributed by atoms with van der Waals surface area (Å²) in [5.74, 6) is -2.69. The molecular weight excluding hydrogens is 386 g/mol. The molecule has 3 rings (SSSR count). The number of hydrogen-bond acceptors (Lipinski definition) is 5. The van der Waals surface area contributed by atoms with Crippen molar-refractivity contribution in [2.45, 2.75) is 13.0 Å². The second-order valence-electron chi connectivity index (χ2n) is 5.77. The zero-order chi connectivity index (χ0) is 19.9. The molecule has 0 atom stereocenters.